The number of nitrogen functional groups attached to an aromatic ring is 1. The molecule has 3 aromatic carbocycles. The summed E-state index contributed by atoms with van der Waals surface area (Å²) >= 11 is 1.47. The lowest BCUT2D eigenvalue weighted by atomic mass is 10.0. The monoisotopic (exact) mass is 588 g/mol. The molecule has 1 aliphatic rings. The first-order valence-corrected chi connectivity index (χ1v) is 15.5. The maximum absolute atomic E-state index is 13.5. The molecule has 0 unspecified atom stereocenters. The first-order valence-electron chi connectivity index (χ1n) is 14.6. The van der Waals surface area contributed by atoms with Crippen LogP contribution >= 0.6 is 11.3 Å². The molecule has 8 heteroatoms. The Balaban J connectivity index is 1.18. The second-order valence-corrected chi connectivity index (χ2v) is 11.7. The van der Waals surface area contributed by atoms with Crippen molar-refractivity contribution in [3.05, 3.63) is 130 Å². The highest BCUT2D eigenvalue weighted by molar-refractivity contribution is 7.12. The lowest BCUT2D eigenvalue weighted by Crippen LogP contribution is -2.47. The number of carbonyl (C=O) groups excluding carboxylic acids is 1. The van der Waals surface area contributed by atoms with Crippen LogP contribution in [-0.2, 0) is 19.6 Å². The molecule has 1 amide bonds. The van der Waals surface area contributed by atoms with E-state index in [0.29, 0.717) is 19.6 Å². The van der Waals surface area contributed by atoms with E-state index in [4.69, 9.17) is 11.5 Å². The second kappa shape index (κ2) is 13.1. The van der Waals surface area contributed by atoms with E-state index in [-0.39, 0.29) is 5.91 Å². The zero-order valence-corrected chi connectivity index (χ0v) is 24.9. The highest BCUT2D eigenvalue weighted by atomic mass is 32.1. The fourth-order valence-corrected chi connectivity index (χ4v) is 6.33. The molecular weight excluding hydrogens is 552 g/mol. The van der Waals surface area contributed by atoms with E-state index in [1.165, 1.54) is 11.3 Å². The van der Waals surface area contributed by atoms with Crippen molar-refractivity contribution < 1.29 is 4.79 Å². The molecule has 0 saturated carbocycles. The van der Waals surface area contributed by atoms with Crippen LogP contribution < -0.4 is 21.3 Å². The van der Waals surface area contributed by atoms with Crippen molar-refractivity contribution in [2.24, 2.45) is 5.73 Å². The maximum atomic E-state index is 13.5. The third-order valence-electron chi connectivity index (χ3n) is 7.87. The maximum Gasteiger partial charge on any atom is 0.264 e. The largest absolute Gasteiger partial charge is 0.397 e. The molecule has 1 fully saturated rings. The summed E-state index contributed by atoms with van der Waals surface area (Å²) in [6.45, 7) is 5.04. The average Bonchev–Trinajstić information content (AvgIpc) is 3.60. The van der Waals surface area contributed by atoms with Gasteiger partial charge in [0.15, 0.2) is 0 Å². The first-order chi connectivity index (χ1) is 21.1. The lowest BCUT2D eigenvalue weighted by molar-refractivity contribution is 0.0735. The summed E-state index contributed by atoms with van der Waals surface area (Å²) in [6.07, 6.45) is 1.84. The van der Waals surface area contributed by atoms with E-state index >= 15 is 0 Å². The molecule has 1 saturated heterocycles. The van der Waals surface area contributed by atoms with Gasteiger partial charge >= 0.3 is 0 Å². The average molecular weight is 589 g/mol. The van der Waals surface area contributed by atoms with E-state index in [1.807, 2.05) is 58.9 Å². The summed E-state index contributed by atoms with van der Waals surface area (Å²) < 4.78 is 0. The number of amides is 1. The highest BCUT2D eigenvalue weighted by Crippen LogP contribution is 2.31. The molecule has 5 aromatic rings. The number of piperazine rings is 1. The molecule has 6 rings (SSSR count). The zero-order valence-electron chi connectivity index (χ0n) is 24.1. The zero-order chi connectivity index (χ0) is 29.6. The van der Waals surface area contributed by atoms with Crippen molar-refractivity contribution in [3.63, 3.8) is 0 Å². The van der Waals surface area contributed by atoms with Crippen LogP contribution in [0.25, 0.3) is 11.1 Å². The molecule has 1 aliphatic heterocycles. The van der Waals surface area contributed by atoms with Crippen LogP contribution in [-0.4, -0.2) is 42.0 Å². The van der Waals surface area contributed by atoms with Crippen LogP contribution in [0.15, 0.2) is 109 Å². The van der Waals surface area contributed by atoms with E-state index in [2.05, 4.69) is 69.4 Å². The Kier molecular flexibility index (Phi) is 8.67. The molecule has 4 N–H and O–H groups in total. The van der Waals surface area contributed by atoms with Crippen LogP contribution in [0.1, 0.15) is 26.4 Å². The van der Waals surface area contributed by atoms with Crippen molar-refractivity contribution in [3.8, 4) is 11.1 Å². The number of aromatic nitrogens is 1. The summed E-state index contributed by atoms with van der Waals surface area (Å²) in [5.74, 6) is 1.04. The minimum absolute atomic E-state index is 0.0234. The van der Waals surface area contributed by atoms with Gasteiger partial charge in [-0.3, -0.25) is 4.79 Å². The number of rotatable bonds is 9. The Morgan fingerprint density at radius 2 is 1.49 bits per heavy atom. The molecule has 0 bridgehead atoms. The minimum Gasteiger partial charge on any atom is -0.397 e. The van der Waals surface area contributed by atoms with Gasteiger partial charge in [0, 0.05) is 52.0 Å². The van der Waals surface area contributed by atoms with Gasteiger partial charge < -0.3 is 26.2 Å². The number of thiophene rings is 1. The normalized spacial score (nSPS) is 13.2. The van der Waals surface area contributed by atoms with Gasteiger partial charge in [-0.05, 0) is 69.6 Å². The smallest absolute Gasteiger partial charge is 0.264 e. The Morgan fingerprint density at radius 1 is 0.767 bits per heavy atom. The summed E-state index contributed by atoms with van der Waals surface area (Å²) in [6, 6.07) is 32.7. The van der Waals surface area contributed by atoms with Gasteiger partial charge in [0.2, 0.25) is 0 Å². The number of hydrogen-bond acceptors (Lipinski definition) is 7. The molecule has 218 valence electrons. The van der Waals surface area contributed by atoms with Gasteiger partial charge in [0.1, 0.15) is 5.82 Å². The van der Waals surface area contributed by atoms with Crippen molar-refractivity contribution in [2.75, 3.05) is 41.7 Å². The Morgan fingerprint density at radius 3 is 2.19 bits per heavy atom. The molecule has 0 aliphatic carbocycles. The first kappa shape index (κ1) is 28.5. The van der Waals surface area contributed by atoms with Gasteiger partial charge in [-0.2, -0.15) is 0 Å². The predicted molar refractivity (Wildman–Crippen MR) is 177 cm³/mol. The number of benzene rings is 3. The van der Waals surface area contributed by atoms with Crippen LogP contribution in [0, 0.1) is 0 Å². The van der Waals surface area contributed by atoms with Gasteiger partial charge in [-0.25, -0.2) is 4.98 Å². The van der Waals surface area contributed by atoms with Crippen LogP contribution in [0.3, 0.4) is 0 Å². The van der Waals surface area contributed by atoms with Crippen LogP contribution in [0.5, 0.6) is 0 Å². The van der Waals surface area contributed by atoms with Crippen LogP contribution in [0.2, 0.25) is 0 Å². The molecule has 2 aromatic heterocycles. The summed E-state index contributed by atoms with van der Waals surface area (Å²) in [5, 5.41) is 1.94. The summed E-state index contributed by atoms with van der Waals surface area (Å²) in [4.78, 5) is 25.3. The minimum atomic E-state index is 0.0234. The van der Waals surface area contributed by atoms with Crippen LogP contribution in [0.4, 0.5) is 17.2 Å². The number of carbonyl (C=O) groups is 1. The molecule has 0 radical (unpaired) electrons. The predicted octanol–water partition coefficient (Wildman–Crippen LogP) is 6.02. The third-order valence-corrected chi connectivity index (χ3v) is 8.73. The van der Waals surface area contributed by atoms with Crippen molar-refractivity contribution in [2.45, 2.75) is 19.6 Å². The SMILES string of the molecule is NCc1cccc(CN(Cc2cccc(-c3ccc(N4CCN(c5ccccn5)CC4)c(N)c3)c2)C(=O)c2cccs2)c1. The van der Waals surface area contributed by atoms with Gasteiger partial charge in [-0.1, -0.05) is 60.7 Å². The fourth-order valence-electron chi connectivity index (χ4n) is 5.64. The summed E-state index contributed by atoms with van der Waals surface area (Å²) in [7, 11) is 0. The fraction of sp³-hybridized carbons (Fsp3) is 0.200. The lowest BCUT2D eigenvalue weighted by Gasteiger charge is -2.37. The van der Waals surface area contributed by atoms with E-state index in [1.54, 1.807) is 0 Å². The van der Waals surface area contributed by atoms with E-state index < -0.39 is 0 Å². The Labute approximate surface area is 257 Å². The second-order valence-electron chi connectivity index (χ2n) is 10.8. The van der Waals surface area contributed by atoms with Gasteiger partial charge in [0.25, 0.3) is 5.91 Å². The number of nitrogens with zero attached hydrogens (tertiary/aromatic N) is 4. The number of anilines is 3. The number of pyridine rings is 1. The van der Waals surface area contributed by atoms with Crippen molar-refractivity contribution >= 4 is 34.4 Å². The van der Waals surface area contributed by atoms with Crippen molar-refractivity contribution in [1.82, 2.24) is 9.88 Å². The van der Waals surface area contributed by atoms with Gasteiger partial charge in [0.05, 0.1) is 16.3 Å². The topological polar surface area (TPSA) is 91.7 Å². The summed E-state index contributed by atoms with van der Waals surface area (Å²) in [5.41, 5.74) is 19.6. The molecule has 7 nitrogen and oxygen atoms in total. The molecule has 0 spiro atoms. The molecular formula is C35H36N6OS. The highest BCUT2D eigenvalue weighted by Gasteiger charge is 2.21. The van der Waals surface area contributed by atoms with Gasteiger partial charge in [-0.15, -0.1) is 11.3 Å². The standard InChI is InChI=1S/C35H36N6OS/c36-23-26-6-3-7-27(20-26)24-41(35(42)33-10-5-19-43-33)25-28-8-4-9-29(21-28)30-12-13-32(31(37)22-30)39-15-17-40(18-16-39)34-11-1-2-14-38-34/h1-14,19-22H,15-18,23-25,36-37H2. The third kappa shape index (κ3) is 6.71. The number of nitrogens with two attached hydrogens (primary N) is 2. The van der Waals surface area contributed by atoms with E-state index in [0.717, 1.165) is 76.1 Å². The molecule has 0 atom stereocenters. The quantitative estimate of drug-likeness (QED) is 0.205. The molecule has 3 heterocycles. The number of hydrogen-bond donors (Lipinski definition) is 2. The Hall–Kier alpha value is -4.66. The van der Waals surface area contributed by atoms with E-state index in [9.17, 15) is 4.79 Å². The Bertz CT molecular complexity index is 1670. The van der Waals surface area contributed by atoms with Crippen molar-refractivity contribution in [1.29, 1.82) is 0 Å². The molecule has 43 heavy (non-hydrogen) atoms.